The van der Waals surface area contributed by atoms with Crippen molar-refractivity contribution in [3.8, 4) is 5.75 Å². The van der Waals surface area contributed by atoms with E-state index in [0.717, 1.165) is 15.4 Å². The van der Waals surface area contributed by atoms with E-state index in [-0.39, 0.29) is 4.90 Å². The lowest BCUT2D eigenvalue weighted by molar-refractivity contribution is -0.119. The molecule has 0 aliphatic heterocycles. The lowest BCUT2D eigenvalue weighted by Crippen LogP contribution is -2.39. The SMILES string of the molecule is COc1ccc(/C=N\NC(=O)CN(c2ccc(C)cc2)S(=O)(=O)c2ccccc2)cc1. The third kappa shape index (κ3) is 5.70. The van der Waals surface area contributed by atoms with Gasteiger partial charge < -0.3 is 4.74 Å². The molecule has 0 fully saturated rings. The Balaban J connectivity index is 1.78. The van der Waals surface area contributed by atoms with Crippen LogP contribution in [0.1, 0.15) is 11.1 Å². The first-order chi connectivity index (χ1) is 14.9. The van der Waals surface area contributed by atoms with Crippen LogP contribution in [-0.4, -0.2) is 34.2 Å². The Bertz CT molecular complexity index is 1140. The highest BCUT2D eigenvalue weighted by molar-refractivity contribution is 7.92. The summed E-state index contributed by atoms with van der Waals surface area (Å²) < 4.78 is 32.6. The van der Waals surface area contributed by atoms with Crippen LogP contribution in [0.5, 0.6) is 5.75 Å². The monoisotopic (exact) mass is 437 g/mol. The van der Waals surface area contributed by atoms with Crippen molar-refractivity contribution in [1.29, 1.82) is 0 Å². The minimum absolute atomic E-state index is 0.102. The zero-order chi connectivity index (χ0) is 22.3. The number of carbonyl (C=O) groups excluding carboxylic acids is 1. The van der Waals surface area contributed by atoms with Gasteiger partial charge in [0.05, 0.1) is 23.9 Å². The van der Waals surface area contributed by atoms with Crippen LogP contribution in [0.4, 0.5) is 5.69 Å². The van der Waals surface area contributed by atoms with Crippen molar-refractivity contribution in [3.05, 3.63) is 90.0 Å². The highest BCUT2D eigenvalue weighted by Crippen LogP contribution is 2.23. The van der Waals surface area contributed by atoms with Gasteiger partial charge in [-0.3, -0.25) is 9.10 Å². The second kappa shape index (κ2) is 9.90. The van der Waals surface area contributed by atoms with E-state index in [1.165, 1.54) is 18.3 Å². The van der Waals surface area contributed by atoms with Crippen LogP contribution in [0.3, 0.4) is 0 Å². The number of hydrazone groups is 1. The number of hydrogen-bond acceptors (Lipinski definition) is 5. The molecular formula is C23H23N3O4S. The largest absolute Gasteiger partial charge is 0.497 e. The highest BCUT2D eigenvalue weighted by Gasteiger charge is 2.26. The molecule has 31 heavy (non-hydrogen) atoms. The van der Waals surface area contributed by atoms with Gasteiger partial charge >= 0.3 is 0 Å². The predicted molar refractivity (Wildman–Crippen MR) is 121 cm³/mol. The Labute approximate surface area is 182 Å². The van der Waals surface area contributed by atoms with Crippen LogP contribution in [-0.2, 0) is 14.8 Å². The van der Waals surface area contributed by atoms with E-state index in [4.69, 9.17) is 4.74 Å². The van der Waals surface area contributed by atoms with E-state index < -0.39 is 22.5 Å². The fraction of sp³-hybridized carbons (Fsp3) is 0.130. The standard InChI is InChI=1S/C23H23N3O4S/c1-18-8-12-20(13-9-18)26(31(28,29)22-6-4-3-5-7-22)17-23(27)25-24-16-19-10-14-21(30-2)15-11-19/h3-16H,17H2,1-2H3,(H,25,27)/b24-16-. The van der Waals surface area contributed by atoms with Gasteiger partial charge in [-0.05, 0) is 61.0 Å². The van der Waals surface area contributed by atoms with Gasteiger partial charge in [-0.2, -0.15) is 5.10 Å². The molecule has 3 rings (SSSR count). The Hall–Kier alpha value is -3.65. The average Bonchev–Trinajstić information content (AvgIpc) is 2.79. The van der Waals surface area contributed by atoms with Gasteiger partial charge in [0, 0.05) is 0 Å². The highest BCUT2D eigenvalue weighted by atomic mass is 32.2. The molecule has 0 spiro atoms. The Kier molecular flexibility index (Phi) is 7.04. The summed E-state index contributed by atoms with van der Waals surface area (Å²) in [7, 11) is -2.36. The number of nitrogens with one attached hydrogen (secondary N) is 1. The van der Waals surface area contributed by atoms with Crippen molar-refractivity contribution in [2.24, 2.45) is 5.10 Å². The molecule has 0 aliphatic carbocycles. The maximum absolute atomic E-state index is 13.2. The molecule has 0 aromatic heterocycles. The molecule has 0 bridgehead atoms. The predicted octanol–water partition coefficient (Wildman–Crippen LogP) is 3.35. The number of hydrogen-bond donors (Lipinski definition) is 1. The third-order valence-electron chi connectivity index (χ3n) is 4.46. The third-order valence-corrected chi connectivity index (χ3v) is 6.25. The Morgan fingerprint density at radius 2 is 1.65 bits per heavy atom. The summed E-state index contributed by atoms with van der Waals surface area (Å²) in [6.07, 6.45) is 1.47. The van der Waals surface area contributed by atoms with Crippen molar-refractivity contribution >= 4 is 27.8 Å². The average molecular weight is 438 g/mol. The van der Waals surface area contributed by atoms with Gasteiger partial charge in [-0.1, -0.05) is 35.9 Å². The number of nitrogens with zero attached hydrogens (tertiary/aromatic N) is 2. The molecule has 0 unspecified atom stereocenters. The minimum Gasteiger partial charge on any atom is -0.497 e. The second-order valence-corrected chi connectivity index (χ2v) is 8.59. The number of methoxy groups -OCH3 is 1. The van der Waals surface area contributed by atoms with Gasteiger partial charge in [0.1, 0.15) is 12.3 Å². The van der Waals surface area contributed by atoms with Gasteiger partial charge in [0.25, 0.3) is 15.9 Å². The molecule has 7 nitrogen and oxygen atoms in total. The van der Waals surface area contributed by atoms with Crippen LogP contribution in [0.15, 0.2) is 88.9 Å². The number of amides is 1. The first-order valence-corrected chi connectivity index (χ1v) is 10.9. The summed E-state index contributed by atoms with van der Waals surface area (Å²) in [6, 6.07) is 22.0. The van der Waals surface area contributed by atoms with Crippen LogP contribution in [0.2, 0.25) is 0 Å². The summed E-state index contributed by atoms with van der Waals surface area (Å²) in [5.41, 5.74) is 4.52. The van der Waals surface area contributed by atoms with Gasteiger partial charge in [-0.15, -0.1) is 0 Å². The Morgan fingerprint density at radius 3 is 2.26 bits per heavy atom. The molecular weight excluding hydrogens is 414 g/mol. The summed E-state index contributed by atoms with van der Waals surface area (Å²) in [5, 5.41) is 3.93. The molecule has 0 heterocycles. The number of sulfonamides is 1. The molecule has 0 aliphatic rings. The minimum atomic E-state index is -3.94. The summed E-state index contributed by atoms with van der Waals surface area (Å²) >= 11 is 0. The molecule has 1 amide bonds. The lowest BCUT2D eigenvalue weighted by atomic mass is 10.2. The van der Waals surface area contributed by atoms with Gasteiger partial charge in [-0.25, -0.2) is 13.8 Å². The van der Waals surface area contributed by atoms with Crippen molar-refractivity contribution in [2.75, 3.05) is 18.0 Å². The van der Waals surface area contributed by atoms with Crippen LogP contribution in [0, 0.1) is 6.92 Å². The van der Waals surface area contributed by atoms with Crippen molar-refractivity contribution in [2.45, 2.75) is 11.8 Å². The number of rotatable bonds is 8. The maximum Gasteiger partial charge on any atom is 0.264 e. The van der Waals surface area contributed by atoms with Crippen LogP contribution >= 0.6 is 0 Å². The molecule has 3 aromatic carbocycles. The smallest absolute Gasteiger partial charge is 0.264 e. The van der Waals surface area contributed by atoms with Crippen LogP contribution in [0.25, 0.3) is 0 Å². The normalized spacial score (nSPS) is 11.3. The number of ether oxygens (including phenoxy) is 1. The van der Waals surface area contributed by atoms with Crippen molar-refractivity contribution in [3.63, 3.8) is 0 Å². The number of benzene rings is 3. The molecule has 1 N–H and O–H groups in total. The topological polar surface area (TPSA) is 88.1 Å². The zero-order valence-electron chi connectivity index (χ0n) is 17.2. The Morgan fingerprint density at radius 1 is 1.00 bits per heavy atom. The summed E-state index contributed by atoms with van der Waals surface area (Å²) in [5.74, 6) is 0.144. The summed E-state index contributed by atoms with van der Waals surface area (Å²) in [4.78, 5) is 12.6. The first-order valence-electron chi connectivity index (χ1n) is 9.50. The molecule has 160 valence electrons. The molecule has 0 atom stereocenters. The lowest BCUT2D eigenvalue weighted by Gasteiger charge is -2.23. The molecule has 8 heteroatoms. The van der Waals surface area contributed by atoms with Crippen LogP contribution < -0.4 is 14.5 Å². The maximum atomic E-state index is 13.2. The number of carbonyl (C=O) groups is 1. The molecule has 0 saturated carbocycles. The fourth-order valence-corrected chi connectivity index (χ4v) is 4.22. The fourth-order valence-electron chi connectivity index (χ4n) is 2.78. The molecule has 0 saturated heterocycles. The van der Waals surface area contributed by atoms with Gasteiger partial charge in [0.2, 0.25) is 0 Å². The molecule has 3 aromatic rings. The first kappa shape index (κ1) is 22.0. The van der Waals surface area contributed by atoms with E-state index in [9.17, 15) is 13.2 Å². The van der Waals surface area contributed by atoms with E-state index in [1.54, 1.807) is 73.8 Å². The van der Waals surface area contributed by atoms with Crippen molar-refractivity contribution < 1.29 is 17.9 Å². The zero-order valence-corrected chi connectivity index (χ0v) is 18.0. The van der Waals surface area contributed by atoms with Gasteiger partial charge in [0.15, 0.2) is 0 Å². The number of aryl methyl sites for hydroxylation is 1. The van der Waals surface area contributed by atoms with Crippen molar-refractivity contribution in [1.82, 2.24) is 5.43 Å². The number of anilines is 1. The van der Waals surface area contributed by atoms with E-state index in [1.807, 2.05) is 6.92 Å². The quantitative estimate of drug-likeness (QED) is 0.432. The second-order valence-electron chi connectivity index (χ2n) is 6.73. The van der Waals surface area contributed by atoms with E-state index >= 15 is 0 Å². The molecule has 0 radical (unpaired) electrons. The van der Waals surface area contributed by atoms with E-state index in [2.05, 4.69) is 10.5 Å². The van der Waals surface area contributed by atoms with E-state index in [0.29, 0.717) is 11.4 Å². The summed E-state index contributed by atoms with van der Waals surface area (Å²) in [6.45, 7) is 1.49.